The first-order valence-electron chi connectivity index (χ1n) is 3.92. The number of nitrogens with one attached hydrogen (secondary N) is 2. The van der Waals surface area contributed by atoms with Crippen molar-refractivity contribution >= 4 is 24.8 Å². The Morgan fingerprint density at radius 2 is 2.08 bits per heavy atom. The molecule has 1 rings (SSSR count). The van der Waals surface area contributed by atoms with Crippen LogP contribution in [0, 0.1) is 6.92 Å². The van der Waals surface area contributed by atoms with Crippen molar-refractivity contribution in [1.29, 1.82) is 0 Å². The van der Waals surface area contributed by atoms with Gasteiger partial charge in [0, 0.05) is 18.3 Å². The van der Waals surface area contributed by atoms with E-state index in [1.807, 2.05) is 6.92 Å². The summed E-state index contributed by atoms with van der Waals surface area (Å²) in [5.74, 6) is 0. The predicted molar refractivity (Wildman–Crippen MR) is 59.8 cm³/mol. The summed E-state index contributed by atoms with van der Waals surface area (Å²) in [6.07, 6.45) is 1.73. The van der Waals surface area contributed by atoms with Gasteiger partial charge in [-0.1, -0.05) is 13.8 Å². The highest BCUT2D eigenvalue weighted by Gasteiger charge is 2.00. The Balaban J connectivity index is 0. The van der Waals surface area contributed by atoms with Crippen molar-refractivity contribution in [2.24, 2.45) is 0 Å². The third kappa shape index (κ3) is 5.13. The van der Waals surface area contributed by atoms with Crippen molar-refractivity contribution < 1.29 is 0 Å². The van der Waals surface area contributed by atoms with Crippen LogP contribution in [-0.4, -0.2) is 16.0 Å². The average molecular weight is 226 g/mol. The number of aryl methyl sites for hydroxylation is 1. The highest BCUT2D eigenvalue weighted by atomic mass is 35.5. The average Bonchev–Trinajstić information content (AvgIpc) is 2.31. The van der Waals surface area contributed by atoms with Gasteiger partial charge >= 0.3 is 0 Å². The topological polar surface area (TPSA) is 40.7 Å². The molecule has 0 fully saturated rings. The Morgan fingerprint density at radius 1 is 1.46 bits per heavy atom. The Bertz CT molecular complexity index is 223. The predicted octanol–water partition coefficient (Wildman–Crippen LogP) is 2.06. The van der Waals surface area contributed by atoms with E-state index in [-0.39, 0.29) is 24.8 Å². The Morgan fingerprint density at radius 3 is 2.46 bits per heavy atom. The van der Waals surface area contributed by atoms with Crippen molar-refractivity contribution in [3.05, 3.63) is 17.7 Å². The van der Waals surface area contributed by atoms with E-state index in [1.54, 1.807) is 6.33 Å². The summed E-state index contributed by atoms with van der Waals surface area (Å²) in [7, 11) is 0. The van der Waals surface area contributed by atoms with E-state index in [0.29, 0.717) is 6.04 Å². The van der Waals surface area contributed by atoms with Crippen LogP contribution in [0.1, 0.15) is 25.2 Å². The van der Waals surface area contributed by atoms with Crippen molar-refractivity contribution in [3.8, 4) is 0 Å². The quantitative estimate of drug-likeness (QED) is 0.828. The minimum atomic E-state index is 0. The first kappa shape index (κ1) is 15.2. The molecule has 0 aromatic carbocycles. The summed E-state index contributed by atoms with van der Waals surface area (Å²) in [6, 6.07) is 0.520. The smallest absolute Gasteiger partial charge is 0.0925 e. The summed E-state index contributed by atoms with van der Waals surface area (Å²) >= 11 is 0. The van der Waals surface area contributed by atoms with Gasteiger partial charge in [0.1, 0.15) is 0 Å². The van der Waals surface area contributed by atoms with Gasteiger partial charge in [0.2, 0.25) is 0 Å². The Hall–Kier alpha value is -0.250. The van der Waals surface area contributed by atoms with Crippen molar-refractivity contribution in [2.75, 3.05) is 0 Å². The van der Waals surface area contributed by atoms with Gasteiger partial charge in [-0.05, 0) is 6.92 Å². The van der Waals surface area contributed by atoms with Crippen LogP contribution in [-0.2, 0) is 6.54 Å². The molecule has 13 heavy (non-hydrogen) atoms. The molecule has 5 heteroatoms. The molecule has 2 N–H and O–H groups in total. The van der Waals surface area contributed by atoms with Crippen LogP contribution in [0.4, 0.5) is 0 Å². The normalized spacial score (nSPS) is 9.23. The number of H-pyrrole nitrogens is 1. The molecule has 0 spiro atoms. The van der Waals surface area contributed by atoms with Gasteiger partial charge in [-0.2, -0.15) is 0 Å². The van der Waals surface area contributed by atoms with Gasteiger partial charge in [0.05, 0.1) is 12.0 Å². The molecular formula is C8H17Cl2N3. The van der Waals surface area contributed by atoms with Gasteiger partial charge < -0.3 is 10.3 Å². The molecule has 0 unspecified atom stereocenters. The highest BCUT2D eigenvalue weighted by molar-refractivity contribution is 5.85. The van der Waals surface area contributed by atoms with Gasteiger partial charge in [-0.25, -0.2) is 4.98 Å². The fraction of sp³-hybridized carbons (Fsp3) is 0.625. The zero-order valence-corrected chi connectivity index (χ0v) is 9.76. The number of nitrogens with zero attached hydrogens (tertiary/aromatic N) is 1. The molecule has 0 bridgehead atoms. The van der Waals surface area contributed by atoms with Gasteiger partial charge in [0.15, 0.2) is 0 Å². The maximum atomic E-state index is 4.17. The van der Waals surface area contributed by atoms with Gasteiger partial charge in [-0.15, -0.1) is 24.8 Å². The fourth-order valence-corrected chi connectivity index (χ4v) is 0.866. The number of aromatic nitrogens is 2. The molecule has 0 amide bonds. The van der Waals surface area contributed by atoms with Gasteiger partial charge in [0.25, 0.3) is 0 Å². The molecule has 0 aliphatic carbocycles. The zero-order valence-electron chi connectivity index (χ0n) is 8.13. The molecule has 1 heterocycles. The minimum Gasteiger partial charge on any atom is -0.348 e. The Labute approximate surface area is 91.5 Å². The number of imidazole rings is 1. The van der Waals surface area contributed by atoms with E-state index < -0.39 is 0 Å². The van der Waals surface area contributed by atoms with Crippen LogP contribution in [0.15, 0.2) is 6.33 Å². The molecule has 0 atom stereocenters. The monoisotopic (exact) mass is 225 g/mol. The number of halogens is 2. The number of hydrogen-bond acceptors (Lipinski definition) is 2. The van der Waals surface area contributed by atoms with Crippen LogP contribution < -0.4 is 5.32 Å². The van der Waals surface area contributed by atoms with Crippen molar-refractivity contribution in [3.63, 3.8) is 0 Å². The van der Waals surface area contributed by atoms with Crippen LogP contribution in [0.5, 0.6) is 0 Å². The largest absolute Gasteiger partial charge is 0.348 e. The van der Waals surface area contributed by atoms with Crippen molar-refractivity contribution in [2.45, 2.75) is 33.4 Å². The molecule has 0 saturated heterocycles. The van der Waals surface area contributed by atoms with E-state index in [2.05, 4.69) is 29.1 Å². The Kier molecular flexibility index (Phi) is 8.42. The van der Waals surface area contributed by atoms with Crippen LogP contribution in [0.3, 0.4) is 0 Å². The van der Waals surface area contributed by atoms with E-state index in [4.69, 9.17) is 0 Å². The van der Waals surface area contributed by atoms with Crippen LogP contribution >= 0.6 is 24.8 Å². The van der Waals surface area contributed by atoms with E-state index in [1.165, 1.54) is 0 Å². The van der Waals surface area contributed by atoms with E-state index in [9.17, 15) is 0 Å². The summed E-state index contributed by atoms with van der Waals surface area (Å²) in [6.45, 7) is 7.14. The molecule has 0 aliphatic rings. The van der Waals surface area contributed by atoms with Crippen LogP contribution in [0.2, 0.25) is 0 Å². The summed E-state index contributed by atoms with van der Waals surface area (Å²) in [4.78, 5) is 7.21. The molecule has 1 aromatic rings. The zero-order chi connectivity index (χ0) is 8.27. The van der Waals surface area contributed by atoms with Gasteiger partial charge in [-0.3, -0.25) is 0 Å². The SMILES string of the molecule is Cc1[nH]cnc1CNC(C)C.Cl.Cl. The lowest BCUT2D eigenvalue weighted by molar-refractivity contribution is 0.581. The summed E-state index contributed by atoms with van der Waals surface area (Å²) in [5, 5.41) is 3.31. The third-order valence-electron chi connectivity index (χ3n) is 1.61. The lowest BCUT2D eigenvalue weighted by Gasteiger charge is -2.05. The second-order valence-electron chi connectivity index (χ2n) is 3.01. The van der Waals surface area contributed by atoms with E-state index in [0.717, 1.165) is 17.9 Å². The lowest BCUT2D eigenvalue weighted by atomic mass is 10.3. The second-order valence-corrected chi connectivity index (χ2v) is 3.01. The minimum absolute atomic E-state index is 0. The molecule has 0 radical (unpaired) electrons. The highest BCUT2D eigenvalue weighted by Crippen LogP contribution is 1.99. The molecule has 78 valence electrons. The van der Waals surface area contributed by atoms with E-state index >= 15 is 0 Å². The number of rotatable bonds is 3. The third-order valence-corrected chi connectivity index (χ3v) is 1.61. The molecule has 0 aliphatic heterocycles. The number of hydrogen-bond donors (Lipinski definition) is 2. The van der Waals surface area contributed by atoms with Crippen LogP contribution in [0.25, 0.3) is 0 Å². The summed E-state index contributed by atoms with van der Waals surface area (Å²) in [5.41, 5.74) is 2.26. The first-order valence-corrected chi connectivity index (χ1v) is 3.92. The van der Waals surface area contributed by atoms with Crippen molar-refractivity contribution in [1.82, 2.24) is 15.3 Å². The molecule has 1 aromatic heterocycles. The number of aromatic amines is 1. The maximum absolute atomic E-state index is 4.17. The fourth-order valence-electron chi connectivity index (χ4n) is 0.866. The maximum Gasteiger partial charge on any atom is 0.0925 e. The summed E-state index contributed by atoms with van der Waals surface area (Å²) < 4.78 is 0. The molecule has 3 nitrogen and oxygen atoms in total. The standard InChI is InChI=1S/C8H15N3.2ClH/c1-6(2)9-4-8-7(3)10-5-11-8;;/h5-6,9H,4H2,1-3H3,(H,10,11);2*1H. The first-order chi connectivity index (χ1) is 5.20. The second kappa shape index (κ2) is 7.18. The lowest BCUT2D eigenvalue weighted by Crippen LogP contribution is -2.22. The molecule has 0 saturated carbocycles. The molecular weight excluding hydrogens is 209 g/mol.